The second kappa shape index (κ2) is 6.03. The van der Waals surface area contributed by atoms with Crippen molar-refractivity contribution < 1.29 is 4.79 Å². The van der Waals surface area contributed by atoms with Crippen LogP contribution in [0.3, 0.4) is 0 Å². The van der Waals surface area contributed by atoms with E-state index in [2.05, 4.69) is 5.32 Å². The number of thiophene rings is 1. The first-order valence-corrected chi connectivity index (χ1v) is 7.11. The average Bonchev–Trinajstić information content (AvgIpc) is 2.89. The van der Waals surface area contributed by atoms with Gasteiger partial charge in [0, 0.05) is 10.4 Å². The minimum atomic E-state index is -0.0388. The molecule has 1 unspecified atom stereocenters. The molecule has 1 N–H and O–H groups in total. The van der Waals surface area contributed by atoms with Crippen LogP contribution in [0.4, 0.5) is 0 Å². The molecule has 0 radical (unpaired) electrons. The van der Waals surface area contributed by atoms with Crippen molar-refractivity contribution in [3.63, 3.8) is 0 Å². The van der Waals surface area contributed by atoms with Crippen LogP contribution in [-0.4, -0.2) is 5.91 Å². The molecule has 2 aromatic rings. The fourth-order valence-corrected chi connectivity index (χ4v) is 2.61. The Morgan fingerprint density at radius 3 is 2.89 bits per heavy atom. The zero-order chi connectivity index (χ0) is 13.0. The second-order valence-corrected chi connectivity index (χ2v) is 5.22. The van der Waals surface area contributed by atoms with Crippen LogP contribution in [0.5, 0.6) is 0 Å². The molecule has 0 saturated heterocycles. The van der Waals surface area contributed by atoms with Gasteiger partial charge in [0.2, 0.25) is 0 Å². The predicted octanol–water partition coefficient (Wildman–Crippen LogP) is 4.28. The molecule has 0 bridgehead atoms. The lowest BCUT2D eigenvalue weighted by Gasteiger charge is -2.17. The number of amides is 1. The van der Waals surface area contributed by atoms with E-state index in [1.807, 2.05) is 48.0 Å². The Morgan fingerprint density at radius 2 is 2.28 bits per heavy atom. The van der Waals surface area contributed by atoms with Gasteiger partial charge in [0.15, 0.2) is 0 Å². The molecule has 1 aromatic carbocycles. The second-order valence-electron chi connectivity index (χ2n) is 4.00. The molecule has 0 spiro atoms. The van der Waals surface area contributed by atoms with E-state index in [1.165, 1.54) is 11.3 Å². The van der Waals surface area contributed by atoms with Gasteiger partial charge in [0.1, 0.15) is 0 Å². The number of hydrogen-bond donors (Lipinski definition) is 1. The summed E-state index contributed by atoms with van der Waals surface area (Å²) in [5, 5.41) is 7.46. The standard InChI is InChI=1S/C14H14ClNOS/c1-2-13(10-4-3-5-12(15)8-10)16-14(17)11-6-7-18-9-11/h3-9,13H,2H2,1H3,(H,16,17). The van der Waals surface area contributed by atoms with E-state index in [0.29, 0.717) is 10.6 Å². The highest BCUT2D eigenvalue weighted by atomic mass is 35.5. The number of carbonyl (C=O) groups is 1. The lowest BCUT2D eigenvalue weighted by Crippen LogP contribution is -2.27. The highest BCUT2D eigenvalue weighted by Crippen LogP contribution is 2.21. The van der Waals surface area contributed by atoms with Gasteiger partial charge < -0.3 is 5.32 Å². The normalized spacial score (nSPS) is 12.1. The number of carbonyl (C=O) groups excluding carboxylic acids is 1. The summed E-state index contributed by atoms with van der Waals surface area (Å²) in [7, 11) is 0. The maximum absolute atomic E-state index is 12.0. The molecule has 0 aliphatic rings. The highest BCUT2D eigenvalue weighted by molar-refractivity contribution is 7.08. The van der Waals surface area contributed by atoms with Crippen molar-refractivity contribution in [3.8, 4) is 0 Å². The van der Waals surface area contributed by atoms with E-state index in [-0.39, 0.29) is 11.9 Å². The van der Waals surface area contributed by atoms with E-state index < -0.39 is 0 Å². The molecule has 94 valence electrons. The molecule has 1 aromatic heterocycles. The van der Waals surface area contributed by atoms with Crippen molar-refractivity contribution in [1.82, 2.24) is 5.32 Å². The van der Waals surface area contributed by atoms with Gasteiger partial charge in [0.25, 0.3) is 5.91 Å². The van der Waals surface area contributed by atoms with Crippen LogP contribution in [-0.2, 0) is 0 Å². The Hall–Kier alpha value is -1.32. The Morgan fingerprint density at radius 1 is 1.44 bits per heavy atom. The fraction of sp³-hybridized carbons (Fsp3) is 0.214. The summed E-state index contributed by atoms with van der Waals surface area (Å²) in [6.45, 7) is 2.04. The Kier molecular flexibility index (Phi) is 4.39. The van der Waals surface area contributed by atoms with Gasteiger partial charge >= 0.3 is 0 Å². The molecule has 1 amide bonds. The third-order valence-corrected chi connectivity index (χ3v) is 3.67. The number of hydrogen-bond acceptors (Lipinski definition) is 2. The first-order chi connectivity index (χ1) is 8.70. The summed E-state index contributed by atoms with van der Waals surface area (Å²) in [6.07, 6.45) is 0.830. The topological polar surface area (TPSA) is 29.1 Å². The van der Waals surface area contributed by atoms with Crippen molar-refractivity contribution in [2.45, 2.75) is 19.4 Å². The van der Waals surface area contributed by atoms with Gasteiger partial charge in [-0.3, -0.25) is 4.79 Å². The van der Waals surface area contributed by atoms with Gasteiger partial charge in [-0.25, -0.2) is 0 Å². The molecule has 0 aliphatic heterocycles. The van der Waals surface area contributed by atoms with Gasteiger partial charge in [-0.1, -0.05) is 30.7 Å². The number of benzene rings is 1. The van der Waals surface area contributed by atoms with Crippen LogP contribution in [0.15, 0.2) is 41.1 Å². The van der Waals surface area contributed by atoms with Crippen LogP contribution in [0, 0.1) is 0 Å². The van der Waals surface area contributed by atoms with Gasteiger partial charge in [0.05, 0.1) is 11.6 Å². The Bertz CT molecular complexity index is 524. The molecular weight excluding hydrogens is 266 g/mol. The third kappa shape index (κ3) is 3.12. The van der Waals surface area contributed by atoms with E-state index in [4.69, 9.17) is 11.6 Å². The van der Waals surface area contributed by atoms with E-state index in [9.17, 15) is 4.79 Å². The monoisotopic (exact) mass is 279 g/mol. The molecule has 2 nitrogen and oxygen atoms in total. The van der Waals surface area contributed by atoms with E-state index in [1.54, 1.807) is 0 Å². The molecular formula is C14H14ClNOS. The first-order valence-electron chi connectivity index (χ1n) is 5.79. The van der Waals surface area contributed by atoms with Gasteiger partial charge in [-0.2, -0.15) is 11.3 Å². The fourth-order valence-electron chi connectivity index (χ4n) is 1.78. The molecule has 0 saturated carbocycles. The lowest BCUT2D eigenvalue weighted by molar-refractivity contribution is 0.0936. The van der Waals surface area contributed by atoms with E-state index >= 15 is 0 Å². The molecule has 2 rings (SSSR count). The number of nitrogens with one attached hydrogen (secondary N) is 1. The van der Waals surface area contributed by atoms with Crippen LogP contribution in [0.2, 0.25) is 5.02 Å². The van der Waals surface area contributed by atoms with Crippen molar-refractivity contribution in [3.05, 3.63) is 57.2 Å². The van der Waals surface area contributed by atoms with Crippen LogP contribution >= 0.6 is 22.9 Å². The van der Waals surface area contributed by atoms with Crippen molar-refractivity contribution in [2.24, 2.45) is 0 Å². The van der Waals surface area contributed by atoms with Crippen molar-refractivity contribution in [2.75, 3.05) is 0 Å². The van der Waals surface area contributed by atoms with Crippen molar-refractivity contribution >= 4 is 28.8 Å². The van der Waals surface area contributed by atoms with E-state index in [0.717, 1.165) is 12.0 Å². The maximum Gasteiger partial charge on any atom is 0.252 e. The molecule has 18 heavy (non-hydrogen) atoms. The Labute approximate surface area is 116 Å². The maximum atomic E-state index is 12.0. The summed E-state index contributed by atoms with van der Waals surface area (Å²) in [5.74, 6) is -0.0388. The minimum Gasteiger partial charge on any atom is -0.345 e. The molecule has 0 aliphatic carbocycles. The van der Waals surface area contributed by atoms with Gasteiger partial charge in [-0.15, -0.1) is 0 Å². The summed E-state index contributed by atoms with van der Waals surface area (Å²) >= 11 is 7.49. The summed E-state index contributed by atoms with van der Waals surface area (Å²) < 4.78 is 0. The van der Waals surface area contributed by atoms with Crippen molar-refractivity contribution in [1.29, 1.82) is 0 Å². The summed E-state index contributed by atoms with van der Waals surface area (Å²) in [4.78, 5) is 12.0. The SMILES string of the molecule is CCC(NC(=O)c1ccsc1)c1cccc(Cl)c1. The molecule has 4 heteroatoms. The van der Waals surface area contributed by atoms with Crippen LogP contribution < -0.4 is 5.32 Å². The summed E-state index contributed by atoms with van der Waals surface area (Å²) in [6, 6.07) is 9.42. The van der Waals surface area contributed by atoms with Crippen LogP contribution in [0.25, 0.3) is 0 Å². The summed E-state index contributed by atoms with van der Waals surface area (Å²) in [5.41, 5.74) is 1.74. The van der Waals surface area contributed by atoms with Gasteiger partial charge in [-0.05, 0) is 35.6 Å². The lowest BCUT2D eigenvalue weighted by atomic mass is 10.0. The first kappa shape index (κ1) is 13.1. The average molecular weight is 280 g/mol. The third-order valence-electron chi connectivity index (χ3n) is 2.75. The number of rotatable bonds is 4. The quantitative estimate of drug-likeness (QED) is 0.889. The van der Waals surface area contributed by atoms with Crippen LogP contribution in [0.1, 0.15) is 35.3 Å². The molecule has 1 atom stereocenters. The zero-order valence-electron chi connectivity index (χ0n) is 10.0. The highest BCUT2D eigenvalue weighted by Gasteiger charge is 2.14. The minimum absolute atomic E-state index is 0.00361. The Balaban J connectivity index is 2.13. The smallest absolute Gasteiger partial charge is 0.252 e. The molecule has 0 fully saturated rings. The zero-order valence-corrected chi connectivity index (χ0v) is 11.6. The predicted molar refractivity (Wildman–Crippen MR) is 76.3 cm³/mol. The largest absolute Gasteiger partial charge is 0.345 e. The number of halogens is 1. The molecule has 1 heterocycles.